The van der Waals surface area contributed by atoms with E-state index in [2.05, 4.69) is 32.9 Å². The number of halogens is 1. The van der Waals surface area contributed by atoms with E-state index >= 15 is 0 Å². The zero-order valence-electron chi connectivity index (χ0n) is 13.0. The third-order valence-corrected chi connectivity index (χ3v) is 4.40. The lowest BCUT2D eigenvalue weighted by molar-refractivity contribution is 0.218. The number of benzene rings is 2. The first-order valence-electron chi connectivity index (χ1n) is 7.69. The smallest absolute Gasteiger partial charge is 0.106 e. The molecule has 0 fully saturated rings. The highest BCUT2D eigenvalue weighted by Crippen LogP contribution is 2.33. The van der Waals surface area contributed by atoms with Crippen molar-refractivity contribution in [2.45, 2.75) is 46.1 Å². The van der Waals surface area contributed by atoms with Gasteiger partial charge in [0.05, 0.1) is 0 Å². The van der Waals surface area contributed by atoms with Crippen molar-refractivity contribution in [1.29, 1.82) is 0 Å². The Hall–Kier alpha value is -1.31. The van der Waals surface area contributed by atoms with Gasteiger partial charge in [0.1, 0.15) is 6.10 Å². The number of aryl methyl sites for hydroxylation is 3. The quantitative estimate of drug-likeness (QED) is 0.814. The predicted molar refractivity (Wildman–Crippen MR) is 90.1 cm³/mol. The van der Waals surface area contributed by atoms with Gasteiger partial charge in [0.2, 0.25) is 0 Å². The fraction of sp³-hybridized carbons (Fsp3) is 0.368. The van der Waals surface area contributed by atoms with E-state index in [9.17, 15) is 5.11 Å². The summed E-state index contributed by atoms with van der Waals surface area (Å²) in [6.45, 7) is 6.44. The van der Waals surface area contributed by atoms with Gasteiger partial charge in [-0.3, -0.25) is 0 Å². The van der Waals surface area contributed by atoms with Crippen molar-refractivity contribution < 1.29 is 5.11 Å². The second-order valence-electron chi connectivity index (χ2n) is 5.31. The molecule has 0 radical (unpaired) electrons. The van der Waals surface area contributed by atoms with Crippen LogP contribution in [0.15, 0.2) is 36.4 Å². The molecular formula is C19H23ClO. The van der Waals surface area contributed by atoms with E-state index in [1.807, 2.05) is 24.3 Å². The van der Waals surface area contributed by atoms with Gasteiger partial charge in [0.15, 0.2) is 0 Å². The normalized spacial score (nSPS) is 12.4. The Morgan fingerprint density at radius 3 is 2.00 bits per heavy atom. The van der Waals surface area contributed by atoms with Crippen molar-refractivity contribution in [3.8, 4) is 0 Å². The molecule has 2 aromatic rings. The third-order valence-electron chi connectivity index (χ3n) is 4.05. The average Bonchev–Trinajstić information content (AvgIpc) is 2.53. The van der Waals surface area contributed by atoms with Gasteiger partial charge in [-0.05, 0) is 47.6 Å². The highest BCUT2D eigenvalue weighted by molar-refractivity contribution is 6.31. The molecule has 0 aromatic heterocycles. The maximum atomic E-state index is 10.9. The Kier molecular flexibility index (Phi) is 5.44. The lowest BCUT2D eigenvalue weighted by atomic mass is 9.88. The fourth-order valence-corrected chi connectivity index (χ4v) is 3.08. The minimum Gasteiger partial charge on any atom is -0.384 e. The van der Waals surface area contributed by atoms with Crippen LogP contribution in [0.5, 0.6) is 0 Å². The first-order chi connectivity index (χ1) is 10.1. The average molecular weight is 303 g/mol. The lowest BCUT2D eigenvalue weighted by Crippen LogP contribution is -2.09. The summed E-state index contributed by atoms with van der Waals surface area (Å²) in [5.41, 5.74) is 5.59. The maximum absolute atomic E-state index is 10.9. The molecule has 1 nitrogen and oxygen atoms in total. The molecule has 0 spiro atoms. The van der Waals surface area contributed by atoms with E-state index in [-0.39, 0.29) is 0 Å². The summed E-state index contributed by atoms with van der Waals surface area (Å²) in [5.74, 6) is 0. The molecule has 0 aliphatic rings. The Bertz CT molecular complexity index is 594. The highest BCUT2D eigenvalue weighted by atomic mass is 35.5. The maximum Gasteiger partial charge on any atom is 0.106 e. The molecule has 2 rings (SSSR count). The number of aliphatic hydroxyl groups excluding tert-OH is 1. The molecular weight excluding hydrogens is 280 g/mol. The van der Waals surface area contributed by atoms with E-state index in [0.717, 1.165) is 30.4 Å². The second kappa shape index (κ2) is 7.11. The first-order valence-corrected chi connectivity index (χ1v) is 8.07. The van der Waals surface area contributed by atoms with E-state index in [1.165, 1.54) is 16.7 Å². The number of hydrogen-bond acceptors (Lipinski definition) is 1. The summed E-state index contributed by atoms with van der Waals surface area (Å²) >= 11 is 6.26. The van der Waals surface area contributed by atoms with Gasteiger partial charge < -0.3 is 5.11 Å². The van der Waals surface area contributed by atoms with Gasteiger partial charge >= 0.3 is 0 Å². The molecule has 0 aliphatic carbocycles. The van der Waals surface area contributed by atoms with Crippen molar-refractivity contribution in [1.82, 2.24) is 0 Å². The number of hydrogen-bond donors (Lipinski definition) is 1. The van der Waals surface area contributed by atoms with Crippen molar-refractivity contribution >= 4 is 11.6 Å². The van der Waals surface area contributed by atoms with Gasteiger partial charge in [-0.1, -0.05) is 62.7 Å². The Balaban J connectivity index is 2.59. The zero-order valence-corrected chi connectivity index (χ0v) is 13.7. The lowest BCUT2D eigenvalue weighted by Gasteiger charge is -2.21. The largest absolute Gasteiger partial charge is 0.384 e. The van der Waals surface area contributed by atoms with E-state index in [0.29, 0.717) is 5.02 Å². The topological polar surface area (TPSA) is 20.2 Å². The van der Waals surface area contributed by atoms with Crippen LogP contribution in [0, 0.1) is 0 Å². The summed E-state index contributed by atoms with van der Waals surface area (Å²) in [7, 11) is 0. The van der Waals surface area contributed by atoms with E-state index in [4.69, 9.17) is 11.6 Å². The van der Waals surface area contributed by atoms with Gasteiger partial charge in [0.25, 0.3) is 0 Å². The summed E-state index contributed by atoms with van der Waals surface area (Å²) < 4.78 is 0. The molecule has 112 valence electrons. The third kappa shape index (κ3) is 3.30. The van der Waals surface area contributed by atoms with Gasteiger partial charge in [-0.2, -0.15) is 0 Å². The Morgan fingerprint density at radius 1 is 0.952 bits per heavy atom. The zero-order chi connectivity index (χ0) is 15.4. The van der Waals surface area contributed by atoms with Crippen LogP contribution in [0.2, 0.25) is 5.02 Å². The van der Waals surface area contributed by atoms with Crippen LogP contribution in [0.3, 0.4) is 0 Å². The summed E-state index contributed by atoms with van der Waals surface area (Å²) in [4.78, 5) is 0. The molecule has 1 atom stereocenters. The monoisotopic (exact) mass is 302 g/mol. The van der Waals surface area contributed by atoms with Crippen LogP contribution < -0.4 is 0 Å². The summed E-state index contributed by atoms with van der Waals surface area (Å²) in [6.07, 6.45) is 2.19. The molecule has 0 bridgehead atoms. The minimum atomic E-state index is -0.658. The Morgan fingerprint density at radius 2 is 1.52 bits per heavy atom. The molecule has 21 heavy (non-hydrogen) atoms. The molecule has 1 N–H and O–H groups in total. The molecule has 0 saturated carbocycles. The van der Waals surface area contributed by atoms with Gasteiger partial charge in [-0.15, -0.1) is 0 Å². The summed E-state index contributed by atoms with van der Waals surface area (Å²) in [6, 6.07) is 12.0. The van der Waals surface area contributed by atoms with Crippen molar-refractivity contribution in [2.75, 3.05) is 0 Å². The van der Waals surface area contributed by atoms with Crippen molar-refractivity contribution in [2.24, 2.45) is 0 Å². The molecule has 0 saturated heterocycles. The molecule has 0 amide bonds. The van der Waals surface area contributed by atoms with Crippen LogP contribution >= 0.6 is 11.6 Å². The van der Waals surface area contributed by atoms with Crippen molar-refractivity contribution in [3.63, 3.8) is 0 Å². The van der Waals surface area contributed by atoms with Crippen LogP contribution in [0.1, 0.15) is 54.7 Å². The van der Waals surface area contributed by atoms with Crippen LogP contribution in [0.25, 0.3) is 0 Å². The van der Waals surface area contributed by atoms with E-state index < -0.39 is 6.10 Å². The van der Waals surface area contributed by atoms with Crippen molar-refractivity contribution in [3.05, 3.63) is 69.2 Å². The van der Waals surface area contributed by atoms with Gasteiger partial charge in [-0.25, -0.2) is 0 Å². The highest BCUT2D eigenvalue weighted by Gasteiger charge is 2.20. The Labute approximate surface area is 132 Å². The minimum absolute atomic E-state index is 0.619. The van der Waals surface area contributed by atoms with Crippen LogP contribution in [0.4, 0.5) is 0 Å². The molecule has 2 aromatic carbocycles. The summed E-state index contributed by atoms with van der Waals surface area (Å²) in [5, 5.41) is 11.5. The fourth-order valence-electron chi connectivity index (χ4n) is 2.84. The standard InChI is InChI=1S/C19H23ClO/c1-4-13-11-14(5-2)18(15(6-3)12-13)19(21)16-9-7-8-10-17(16)20/h7-12,19,21H,4-6H2,1-3H3. The van der Waals surface area contributed by atoms with Crippen LogP contribution in [-0.2, 0) is 19.3 Å². The SMILES string of the molecule is CCc1cc(CC)c(C(O)c2ccccc2Cl)c(CC)c1. The number of rotatable bonds is 5. The van der Waals surface area contributed by atoms with Crippen LogP contribution in [-0.4, -0.2) is 5.11 Å². The molecule has 2 heteroatoms. The first kappa shape index (κ1) is 16.1. The molecule has 1 unspecified atom stereocenters. The van der Waals surface area contributed by atoms with E-state index in [1.54, 1.807) is 0 Å². The molecule has 0 aliphatic heterocycles. The predicted octanol–water partition coefficient (Wildman–Crippen LogP) is 5.11. The molecule has 0 heterocycles. The second-order valence-corrected chi connectivity index (χ2v) is 5.72. The van der Waals surface area contributed by atoms with Gasteiger partial charge in [0, 0.05) is 10.6 Å². The number of aliphatic hydroxyl groups is 1.